The van der Waals surface area contributed by atoms with E-state index in [1.807, 2.05) is 31.4 Å². The number of rotatable bonds is 9. The lowest BCUT2D eigenvalue weighted by atomic mass is 9.96. The molecule has 1 aliphatic heterocycles. The molecular weight excluding hydrogens is 364 g/mol. The van der Waals surface area contributed by atoms with E-state index in [4.69, 9.17) is 9.72 Å². The van der Waals surface area contributed by atoms with Crippen molar-refractivity contribution < 1.29 is 9.53 Å². The van der Waals surface area contributed by atoms with Gasteiger partial charge >= 0.3 is 0 Å². The summed E-state index contributed by atoms with van der Waals surface area (Å²) in [4.78, 5) is 24.8. The molecule has 29 heavy (non-hydrogen) atoms. The lowest BCUT2D eigenvalue weighted by Gasteiger charge is -2.21. The predicted molar refractivity (Wildman–Crippen MR) is 117 cm³/mol. The number of carbonyl (C=O) groups excluding carboxylic acids is 1. The molecule has 1 fully saturated rings. The Kier molecular flexibility index (Phi) is 7.07. The molecule has 156 valence electrons. The highest BCUT2D eigenvalue weighted by Crippen LogP contribution is 2.26. The van der Waals surface area contributed by atoms with Crippen LogP contribution >= 0.6 is 0 Å². The summed E-state index contributed by atoms with van der Waals surface area (Å²) in [5.41, 5.74) is 1.17. The number of hydrogen-bond acceptors (Lipinski definition) is 6. The van der Waals surface area contributed by atoms with Gasteiger partial charge in [-0.2, -0.15) is 4.98 Å². The van der Waals surface area contributed by atoms with Crippen LogP contribution in [0.2, 0.25) is 0 Å². The Morgan fingerprint density at radius 3 is 2.76 bits per heavy atom. The Morgan fingerprint density at radius 2 is 2.07 bits per heavy atom. The maximum absolute atomic E-state index is 11.3. The van der Waals surface area contributed by atoms with Crippen LogP contribution in [0.1, 0.15) is 51.5 Å². The van der Waals surface area contributed by atoms with E-state index in [0.717, 1.165) is 50.0 Å². The molecule has 2 heterocycles. The Labute approximate surface area is 173 Å². The van der Waals surface area contributed by atoms with E-state index in [-0.39, 0.29) is 17.8 Å². The summed E-state index contributed by atoms with van der Waals surface area (Å²) in [6, 6.07) is 10.1. The Bertz CT molecular complexity index is 809. The Hall–Kier alpha value is -2.63. The molecular formula is C23H32N4O2. The summed E-state index contributed by atoms with van der Waals surface area (Å²) in [5.74, 6) is 3.06. The second-order valence-electron chi connectivity index (χ2n) is 7.99. The Balaban J connectivity index is 1.57. The number of anilines is 2. The first-order valence-electron chi connectivity index (χ1n) is 10.5. The van der Waals surface area contributed by atoms with Crippen LogP contribution in [0.3, 0.4) is 0 Å². The van der Waals surface area contributed by atoms with Gasteiger partial charge in [0.25, 0.3) is 0 Å². The second kappa shape index (κ2) is 9.72. The third-order valence-corrected chi connectivity index (χ3v) is 5.34. The van der Waals surface area contributed by atoms with Crippen molar-refractivity contribution in [3.63, 3.8) is 0 Å². The van der Waals surface area contributed by atoms with Crippen LogP contribution < -0.4 is 14.5 Å². The van der Waals surface area contributed by atoms with Crippen LogP contribution in [-0.2, 0) is 4.79 Å². The molecule has 3 rings (SSSR count). The van der Waals surface area contributed by atoms with Crippen molar-refractivity contribution in [2.75, 3.05) is 36.5 Å². The van der Waals surface area contributed by atoms with E-state index in [0.29, 0.717) is 6.42 Å². The van der Waals surface area contributed by atoms with Crippen LogP contribution in [0.15, 0.2) is 36.5 Å². The first-order chi connectivity index (χ1) is 14.0. The van der Waals surface area contributed by atoms with Gasteiger partial charge in [-0.3, -0.25) is 0 Å². The molecule has 1 aromatic carbocycles. The number of carbonyl (C=O) groups is 1. The van der Waals surface area contributed by atoms with Crippen LogP contribution in [0, 0.1) is 0 Å². The highest BCUT2D eigenvalue weighted by Gasteiger charge is 2.25. The van der Waals surface area contributed by atoms with Gasteiger partial charge in [-0.05, 0) is 43.0 Å². The number of aromatic nitrogens is 2. The highest BCUT2D eigenvalue weighted by molar-refractivity contribution is 5.76. The number of benzene rings is 1. The standard InChI is InChI=1S/C23H32N4O2/c1-5-13-26(4)23-24-12-10-22(25-23)27-14-11-21(16-27)29-20-8-6-19(7-9-20)17(2)15-18(3)28/h6-10,12,17,21H,5,11,13-16H2,1-4H3/t17-,21-/m1/s1. The van der Waals surface area contributed by atoms with Gasteiger partial charge in [-0.1, -0.05) is 26.0 Å². The fraction of sp³-hybridized carbons (Fsp3) is 0.522. The van der Waals surface area contributed by atoms with Gasteiger partial charge in [-0.15, -0.1) is 0 Å². The van der Waals surface area contributed by atoms with Gasteiger partial charge in [0.1, 0.15) is 23.5 Å². The van der Waals surface area contributed by atoms with E-state index < -0.39 is 0 Å². The molecule has 0 saturated carbocycles. The van der Waals surface area contributed by atoms with Crippen molar-refractivity contribution in [2.45, 2.75) is 52.1 Å². The molecule has 0 bridgehead atoms. The molecule has 0 N–H and O–H groups in total. The lowest BCUT2D eigenvalue weighted by Crippen LogP contribution is -2.26. The van der Waals surface area contributed by atoms with Gasteiger partial charge in [0.05, 0.1) is 6.54 Å². The number of hydrogen-bond donors (Lipinski definition) is 0. The third kappa shape index (κ3) is 5.68. The molecule has 1 aromatic heterocycles. The molecule has 6 heteroatoms. The van der Waals surface area contributed by atoms with E-state index in [1.165, 1.54) is 5.56 Å². The van der Waals surface area contributed by atoms with Gasteiger partial charge in [0.15, 0.2) is 0 Å². The van der Waals surface area contributed by atoms with Gasteiger partial charge in [0, 0.05) is 39.2 Å². The van der Waals surface area contributed by atoms with Gasteiger partial charge in [0.2, 0.25) is 5.95 Å². The first-order valence-corrected chi connectivity index (χ1v) is 10.5. The number of ether oxygens (including phenoxy) is 1. The average Bonchev–Trinajstić information content (AvgIpc) is 3.17. The lowest BCUT2D eigenvalue weighted by molar-refractivity contribution is -0.117. The molecule has 0 radical (unpaired) electrons. The fourth-order valence-electron chi connectivity index (χ4n) is 3.78. The smallest absolute Gasteiger partial charge is 0.226 e. The predicted octanol–water partition coefficient (Wildman–Crippen LogP) is 4.06. The van der Waals surface area contributed by atoms with Crippen molar-refractivity contribution >= 4 is 17.5 Å². The van der Waals surface area contributed by atoms with Crippen LogP contribution in [-0.4, -0.2) is 48.5 Å². The largest absolute Gasteiger partial charge is 0.489 e. The zero-order chi connectivity index (χ0) is 20.8. The van der Waals surface area contributed by atoms with Crippen molar-refractivity contribution in [1.29, 1.82) is 0 Å². The molecule has 1 aliphatic rings. The molecule has 0 spiro atoms. The maximum Gasteiger partial charge on any atom is 0.226 e. The molecule has 0 aliphatic carbocycles. The van der Waals surface area contributed by atoms with E-state index in [2.05, 4.69) is 40.8 Å². The van der Waals surface area contributed by atoms with Gasteiger partial charge in [-0.25, -0.2) is 4.98 Å². The SMILES string of the molecule is CCCN(C)c1nccc(N2CC[C@@H](Oc3ccc([C@H](C)CC(C)=O)cc3)C2)n1. The second-order valence-corrected chi connectivity index (χ2v) is 7.99. The van der Waals surface area contributed by atoms with Crippen molar-refractivity contribution in [1.82, 2.24) is 9.97 Å². The van der Waals surface area contributed by atoms with Gasteiger partial charge < -0.3 is 19.3 Å². The highest BCUT2D eigenvalue weighted by atomic mass is 16.5. The number of nitrogens with zero attached hydrogens (tertiary/aromatic N) is 4. The normalized spacial score (nSPS) is 17.2. The molecule has 0 unspecified atom stereocenters. The third-order valence-electron chi connectivity index (χ3n) is 5.34. The summed E-state index contributed by atoms with van der Waals surface area (Å²) in [5, 5.41) is 0. The van der Waals surface area contributed by atoms with Crippen molar-refractivity contribution in [2.24, 2.45) is 0 Å². The zero-order valence-corrected chi connectivity index (χ0v) is 18.0. The van der Waals surface area contributed by atoms with E-state index in [1.54, 1.807) is 6.92 Å². The molecule has 2 atom stereocenters. The first kappa shape index (κ1) is 21.1. The van der Waals surface area contributed by atoms with Crippen molar-refractivity contribution in [3.8, 4) is 5.75 Å². The molecule has 1 saturated heterocycles. The fourth-order valence-corrected chi connectivity index (χ4v) is 3.78. The van der Waals surface area contributed by atoms with E-state index in [9.17, 15) is 4.79 Å². The maximum atomic E-state index is 11.3. The summed E-state index contributed by atoms with van der Waals surface area (Å²) in [7, 11) is 2.03. The van der Waals surface area contributed by atoms with Crippen molar-refractivity contribution in [3.05, 3.63) is 42.1 Å². The monoisotopic (exact) mass is 396 g/mol. The minimum absolute atomic E-state index is 0.141. The quantitative estimate of drug-likeness (QED) is 0.637. The minimum Gasteiger partial charge on any atom is -0.489 e. The van der Waals surface area contributed by atoms with Crippen LogP contribution in [0.25, 0.3) is 0 Å². The molecule has 6 nitrogen and oxygen atoms in total. The average molecular weight is 397 g/mol. The number of ketones is 1. The van der Waals surface area contributed by atoms with Crippen LogP contribution in [0.5, 0.6) is 5.75 Å². The number of Topliss-reactive ketones (excluding diaryl/α,β-unsaturated/α-hetero) is 1. The van der Waals surface area contributed by atoms with Crippen LogP contribution in [0.4, 0.5) is 11.8 Å². The Morgan fingerprint density at radius 1 is 1.31 bits per heavy atom. The minimum atomic E-state index is 0.141. The summed E-state index contributed by atoms with van der Waals surface area (Å²) in [6.45, 7) is 8.56. The zero-order valence-electron chi connectivity index (χ0n) is 18.0. The molecule has 2 aromatic rings. The topological polar surface area (TPSA) is 58.6 Å². The molecule has 0 amide bonds. The summed E-state index contributed by atoms with van der Waals surface area (Å²) in [6.07, 6.45) is 4.58. The summed E-state index contributed by atoms with van der Waals surface area (Å²) < 4.78 is 6.20. The van der Waals surface area contributed by atoms with E-state index >= 15 is 0 Å². The summed E-state index contributed by atoms with van der Waals surface area (Å²) >= 11 is 0.